The van der Waals surface area contributed by atoms with Crippen molar-refractivity contribution in [3.63, 3.8) is 0 Å². The molecule has 9 nitrogen and oxygen atoms in total. The fraction of sp³-hybridized carbons (Fsp3) is 0.111. The molecule has 0 unspecified atom stereocenters. The molecule has 0 fully saturated rings. The van der Waals surface area contributed by atoms with Gasteiger partial charge in [-0.05, 0) is 73.2 Å². The first kappa shape index (κ1) is 22.9. The van der Waals surface area contributed by atoms with E-state index in [1.165, 1.54) is 0 Å². The second-order valence-corrected chi connectivity index (χ2v) is 8.02. The second-order valence-electron chi connectivity index (χ2n) is 8.02. The number of amides is 2. The molecule has 1 aliphatic heterocycles. The Balaban J connectivity index is 1.32. The lowest BCUT2D eigenvalue weighted by atomic mass is 10.2. The van der Waals surface area contributed by atoms with E-state index in [0.717, 1.165) is 11.1 Å². The highest BCUT2D eigenvalue weighted by molar-refractivity contribution is 6.00. The number of anilines is 2. The Hall–Kier alpha value is -4.92. The van der Waals surface area contributed by atoms with Gasteiger partial charge in [0.05, 0.1) is 24.6 Å². The van der Waals surface area contributed by atoms with Gasteiger partial charge in [-0.2, -0.15) is 10.2 Å². The predicted octanol–water partition coefficient (Wildman–Crippen LogP) is 6.83. The van der Waals surface area contributed by atoms with Crippen LogP contribution in [-0.4, -0.2) is 24.7 Å². The summed E-state index contributed by atoms with van der Waals surface area (Å²) in [7, 11) is 1.59. The molecular weight excluding hydrogens is 458 g/mol. The van der Waals surface area contributed by atoms with Gasteiger partial charge < -0.3 is 24.5 Å². The molecule has 0 radical (unpaired) electrons. The molecule has 3 aromatic carbocycles. The van der Waals surface area contributed by atoms with Gasteiger partial charge in [0, 0.05) is 11.4 Å². The first-order valence-electron chi connectivity index (χ1n) is 11.2. The number of carbonyl (C=O) groups is 1. The van der Waals surface area contributed by atoms with Crippen molar-refractivity contribution in [1.82, 2.24) is 4.98 Å². The van der Waals surface area contributed by atoms with E-state index in [1.54, 1.807) is 68.0 Å². The van der Waals surface area contributed by atoms with E-state index in [9.17, 15) is 4.79 Å². The number of allylic oxidation sites excluding steroid dienone is 2. The molecule has 36 heavy (non-hydrogen) atoms. The van der Waals surface area contributed by atoms with Crippen LogP contribution < -0.4 is 15.4 Å². The number of aromatic nitrogens is 1. The third kappa shape index (κ3) is 5.25. The number of nitrogens with zero attached hydrogens (tertiary/aromatic N) is 3. The number of urea groups is 1. The molecule has 2 heterocycles. The number of ether oxygens (including phenoxy) is 2. The molecule has 180 valence electrons. The fourth-order valence-corrected chi connectivity index (χ4v) is 3.57. The van der Waals surface area contributed by atoms with Crippen LogP contribution in [0.25, 0.3) is 16.7 Å². The number of methoxy groups -OCH3 is 1. The van der Waals surface area contributed by atoms with E-state index >= 15 is 0 Å². The Morgan fingerprint density at radius 2 is 1.83 bits per heavy atom. The van der Waals surface area contributed by atoms with Crippen LogP contribution in [0.15, 0.2) is 99.4 Å². The van der Waals surface area contributed by atoms with Crippen molar-refractivity contribution in [3.8, 4) is 5.75 Å². The average molecular weight is 482 g/mol. The van der Waals surface area contributed by atoms with Gasteiger partial charge in [-0.15, -0.1) is 0 Å². The maximum absolute atomic E-state index is 12.4. The Bertz CT molecular complexity index is 1500. The summed E-state index contributed by atoms with van der Waals surface area (Å²) >= 11 is 0. The number of benzene rings is 3. The van der Waals surface area contributed by atoms with Gasteiger partial charge in [0.2, 0.25) is 5.89 Å². The van der Waals surface area contributed by atoms with Crippen LogP contribution in [0, 0.1) is 6.92 Å². The van der Waals surface area contributed by atoms with E-state index in [4.69, 9.17) is 13.9 Å². The second kappa shape index (κ2) is 10.1. The Morgan fingerprint density at radius 3 is 2.67 bits per heavy atom. The summed E-state index contributed by atoms with van der Waals surface area (Å²) < 4.78 is 16.5. The van der Waals surface area contributed by atoms with Gasteiger partial charge >= 0.3 is 6.03 Å². The number of hydrogen-bond acceptors (Lipinski definition) is 7. The number of aryl methyl sites for hydroxylation is 1. The third-order valence-corrected chi connectivity index (χ3v) is 5.37. The molecule has 0 spiro atoms. The monoisotopic (exact) mass is 481 g/mol. The highest BCUT2D eigenvalue weighted by Crippen LogP contribution is 2.29. The summed E-state index contributed by atoms with van der Waals surface area (Å²) in [6.07, 6.45) is 3.34. The van der Waals surface area contributed by atoms with Gasteiger partial charge in [-0.3, -0.25) is 0 Å². The van der Waals surface area contributed by atoms with Crippen LogP contribution in [0.2, 0.25) is 0 Å². The highest BCUT2D eigenvalue weighted by atomic mass is 16.5. The minimum atomic E-state index is -0.378. The van der Waals surface area contributed by atoms with Crippen molar-refractivity contribution in [2.24, 2.45) is 10.2 Å². The summed E-state index contributed by atoms with van der Waals surface area (Å²) in [4.78, 5) is 17.0. The van der Waals surface area contributed by atoms with Crippen molar-refractivity contribution < 1.29 is 18.7 Å². The molecule has 0 bridgehead atoms. The average Bonchev–Trinajstić information content (AvgIpc) is 3.31. The van der Waals surface area contributed by atoms with E-state index in [0.29, 0.717) is 45.6 Å². The minimum Gasteiger partial charge on any atom is -0.497 e. The molecule has 1 aromatic heterocycles. The van der Waals surface area contributed by atoms with Crippen LogP contribution in [0.4, 0.5) is 21.9 Å². The van der Waals surface area contributed by atoms with Gasteiger partial charge in [0.15, 0.2) is 5.58 Å². The van der Waals surface area contributed by atoms with Gasteiger partial charge in [-0.25, -0.2) is 9.78 Å². The molecule has 0 saturated carbocycles. The molecule has 0 atom stereocenters. The molecular formula is C27H23N5O4. The molecule has 2 N–H and O–H groups in total. The summed E-state index contributed by atoms with van der Waals surface area (Å²) in [5, 5.41) is 14.3. The van der Waals surface area contributed by atoms with Crippen LogP contribution in [0.1, 0.15) is 11.5 Å². The predicted molar refractivity (Wildman–Crippen MR) is 137 cm³/mol. The van der Waals surface area contributed by atoms with Gasteiger partial charge in [0.25, 0.3) is 0 Å². The highest BCUT2D eigenvalue weighted by Gasteiger charge is 2.17. The Labute approximate surface area is 207 Å². The standard InChI is InChI=1S/C27H23N5O4/c1-17-6-11-23-25(14-17)36-26(30-23)22-12-13-35-16-24(22)32-31-20-5-3-4-19(15-20)29-27(33)28-18-7-9-21(34-2)10-8-18/h3-15H,16H2,1-2H3,(H2,28,29,33). The number of carbonyl (C=O) groups excluding carboxylic acids is 1. The van der Waals surface area contributed by atoms with Crippen LogP contribution in [0.5, 0.6) is 5.75 Å². The van der Waals surface area contributed by atoms with Crippen molar-refractivity contribution >= 4 is 39.8 Å². The maximum Gasteiger partial charge on any atom is 0.323 e. The summed E-state index contributed by atoms with van der Waals surface area (Å²) in [6.45, 7) is 2.23. The lowest BCUT2D eigenvalue weighted by Gasteiger charge is -2.10. The zero-order valence-corrected chi connectivity index (χ0v) is 19.7. The first-order chi connectivity index (χ1) is 17.6. The van der Waals surface area contributed by atoms with E-state index in [1.807, 2.05) is 25.1 Å². The van der Waals surface area contributed by atoms with E-state index in [-0.39, 0.29) is 12.6 Å². The fourth-order valence-electron chi connectivity index (χ4n) is 3.57. The topological polar surface area (TPSA) is 110 Å². The maximum atomic E-state index is 12.4. The van der Waals surface area contributed by atoms with E-state index in [2.05, 4.69) is 25.8 Å². The normalized spacial score (nSPS) is 13.2. The molecule has 0 saturated heterocycles. The number of azo groups is 1. The van der Waals surface area contributed by atoms with Crippen molar-refractivity contribution in [2.75, 3.05) is 24.4 Å². The van der Waals surface area contributed by atoms with Gasteiger partial charge in [-0.1, -0.05) is 12.1 Å². The Kier molecular flexibility index (Phi) is 6.44. The van der Waals surface area contributed by atoms with Crippen molar-refractivity contribution in [3.05, 3.63) is 96.2 Å². The molecule has 5 rings (SSSR count). The number of nitrogens with one attached hydrogen (secondary N) is 2. The zero-order chi connectivity index (χ0) is 24.9. The van der Waals surface area contributed by atoms with Crippen LogP contribution in [-0.2, 0) is 4.74 Å². The van der Waals surface area contributed by atoms with E-state index < -0.39 is 0 Å². The van der Waals surface area contributed by atoms with Crippen molar-refractivity contribution in [1.29, 1.82) is 0 Å². The lowest BCUT2D eigenvalue weighted by Crippen LogP contribution is -2.19. The number of hydrogen-bond donors (Lipinski definition) is 2. The molecule has 0 aliphatic carbocycles. The van der Waals surface area contributed by atoms with Gasteiger partial charge in [0.1, 0.15) is 23.6 Å². The third-order valence-electron chi connectivity index (χ3n) is 5.37. The number of rotatable bonds is 6. The molecule has 1 aliphatic rings. The zero-order valence-electron chi connectivity index (χ0n) is 19.7. The number of fused-ring (bicyclic) bond motifs is 1. The summed E-state index contributed by atoms with van der Waals surface area (Å²) in [5.41, 5.74) is 5.62. The molecule has 4 aromatic rings. The minimum absolute atomic E-state index is 0.231. The SMILES string of the molecule is COc1ccc(NC(=O)Nc2cccc(N=NC3=C(c4nc5ccc(C)cc5o4)C=COC3)c2)cc1. The summed E-state index contributed by atoms with van der Waals surface area (Å²) in [5.74, 6) is 1.16. The molecule has 2 amide bonds. The van der Waals surface area contributed by atoms with Crippen LogP contribution >= 0.6 is 0 Å². The Morgan fingerprint density at radius 1 is 1.00 bits per heavy atom. The first-order valence-corrected chi connectivity index (χ1v) is 11.2. The summed E-state index contributed by atoms with van der Waals surface area (Å²) in [6, 6.07) is 19.6. The number of oxazole rings is 1. The molecule has 9 heteroatoms. The largest absolute Gasteiger partial charge is 0.497 e. The lowest BCUT2D eigenvalue weighted by molar-refractivity contribution is 0.262. The van der Waals surface area contributed by atoms with Crippen LogP contribution in [0.3, 0.4) is 0 Å². The smallest absolute Gasteiger partial charge is 0.323 e. The van der Waals surface area contributed by atoms with Crippen molar-refractivity contribution in [2.45, 2.75) is 6.92 Å². The quantitative estimate of drug-likeness (QED) is 0.293.